The van der Waals surface area contributed by atoms with E-state index in [2.05, 4.69) is 0 Å². The monoisotopic (exact) mass is 290 g/mol. The predicted molar refractivity (Wildman–Crippen MR) is 76.5 cm³/mol. The maximum absolute atomic E-state index is 12.0. The molecule has 0 radical (unpaired) electrons. The van der Waals surface area contributed by atoms with Gasteiger partial charge in [-0.05, 0) is 38.1 Å². The van der Waals surface area contributed by atoms with Gasteiger partial charge in [0.15, 0.2) is 6.61 Å². The van der Waals surface area contributed by atoms with Crippen LogP contribution in [0.25, 0.3) is 0 Å². The molecule has 0 unspecified atom stereocenters. The van der Waals surface area contributed by atoms with Gasteiger partial charge in [0, 0.05) is 15.3 Å². The number of ketones is 1. The highest BCUT2D eigenvalue weighted by Gasteiger charge is 2.15. The van der Waals surface area contributed by atoms with E-state index < -0.39 is 5.97 Å². The Balaban J connectivity index is 2.00. The molecule has 0 amide bonds. The van der Waals surface area contributed by atoms with Gasteiger partial charge in [0.25, 0.3) is 0 Å². The Morgan fingerprint density at radius 1 is 1.25 bits per heavy atom. The second-order valence-corrected chi connectivity index (χ2v) is 5.84. The molecular formula is C15H14O4S. The number of aryl methyl sites for hydroxylation is 2. The van der Waals surface area contributed by atoms with Crippen LogP contribution in [0, 0.1) is 13.8 Å². The summed E-state index contributed by atoms with van der Waals surface area (Å²) < 4.78 is 4.97. The molecule has 2 aromatic rings. The minimum atomic E-state index is -0.626. The fraction of sp³-hybridized carbons (Fsp3) is 0.200. The van der Waals surface area contributed by atoms with E-state index in [1.54, 1.807) is 12.1 Å². The third-order valence-electron chi connectivity index (χ3n) is 2.76. The van der Waals surface area contributed by atoms with Crippen molar-refractivity contribution in [3.63, 3.8) is 0 Å². The minimum Gasteiger partial charge on any atom is -0.508 e. The molecule has 0 aliphatic rings. The summed E-state index contributed by atoms with van der Waals surface area (Å²) in [5.41, 5.74) is 0.812. The van der Waals surface area contributed by atoms with Crippen molar-refractivity contribution in [2.75, 3.05) is 6.61 Å². The van der Waals surface area contributed by atoms with Crippen LogP contribution < -0.4 is 0 Å². The van der Waals surface area contributed by atoms with Crippen LogP contribution in [0.2, 0.25) is 0 Å². The third-order valence-corrected chi connectivity index (χ3v) is 3.72. The molecule has 1 heterocycles. The number of carbonyl (C=O) groups excluding carboxylic acids is 2. The lowest BCUT2D eigenvalue weighted by Crippen LogP contribution is -2.14. The predicted octanol–water partition coefficient (Wildman–Crippen LogP) is 3.11. The largest absolute Gasteiger partial charge is 0.508 e. The highest BCUT2D eigenvalue weighted by atomic mass is 32.1. The molecule has 0 aliphatic heterocycles. The maximum atomic E-state index is 12.0. The van der Waals surface area contributed by atoms with E-state index in [4.69, 9.17) is 4.74 Å². The van der Waals surface area contributed by atoms with Crippen LogP contribution >= 0.6 is 11.3 Å². The summed E-state index contributed by atoms with van der Waals surface area (Å²) in [4.78, 5) is 25.7. The first-order valence-corrected chi connectivity index (χ1v) is 6.85. The van der Waals surface area contributed by atoms with Gasteiger partial charge in [-0.1, -0.05) is 6.07 Å². The molecule has 0 atom stereocenters. The van der Waals surface area contributed by atoms with Crippen molar-refractivity contribution in [3.05, 3.63) is 51.2 Å². The summed E-state index contributed by atoms with van der Waals surface area (Å²) >= 11 is 1.54. The van der Waals surface area contributed by atoms with Crippen molar-refractivity contribution in [1.29, 1.82) is 0 Å². The summed E-state index contributed by atoms with van der Waals surface area (Å²) in [6.07, 6.45) is 0. The van der Waals surface area contributed by atoms with E-state index in [1.807, 2.05) is 13.8 Å². The van der Waals surface area contributed by atoms with Crippen LogP contribution in [0.3, 0.4) is 0 Å². The number of hydrogen-bond donors (Lipinski definition) is 1. The van der Waals surface area contributed by atoms with Crippen molar-refractivity contribution < 1.29 is 19.4 Å². The molecule has 0 aliphatic carbocycles. The molecule has 4 nitrogen and oxygen atoms in total. The van der Waals surface area contributed by atoms with Crippen LogP contribution in [-0.4, -0.2) is 23.5 Å². The van der Waals surface area contributed by atoms with Gasteiger partial charge in [-0.2, -0.15) is 0 Å². The number of aromatic hydroxyl groups is 1. The number of carbonyl (C=O) groups is 2. The summed E-state index contributed by atoms with van der Waals surface area (Å²) in [5, 5.41) is 9.28. The van der Waals surface area contributed by atoms with Crippen molar-refractivity contribution in [1.82, 2.24) is 0 Å². The zero-order valence-electron chi connectivity index (χ0n) is 11.2. The number of thiophene rings is 1. The Bertz CT molecular complexity index is 658. The van der Waals surface area contributed by atoms with Crippen molar-refractivity contribution in [2.24, 2.45) is 0 Å². The molecule has 1 aromatic carbocycles. The van der Waals surface area contributed by atoms with Gasteiger partial charge in [-0.3, -0.25) is 4.79 Å². The minimum absolute atomic E-state index is 0.0184. The van der Waals surface area contributed by atoms with Crippen LogP contribution in [0.5, 0.6) is 5.75 Å². The molecule has 5 heteroatoms. The third kappa shape index (κ3) is 3.24. The first kappa shape index (κ1) is 14.3. The lowest BCUT2D eigenvalue weighted by molar-refractivity contribution is 0.0474. The standard InChI is InChI=1S/C15H14O4S/c1-9-6-13(10(2)20-9)14(17)8-19-15(18)11-4-3-5-12(16)7-11/h3-7,16H,8H2,1-2H3. The topological polar surface area (TPSA) is 63.6 Å². The average Bonchev–Trinajstić information content (AvgIpc) is 2.74. The first-order chi connectivity index (χ1) is 9.47. The number of hydrogen-bond acceptors (Lipinski definition) is 5. The fourth-order valence-electron chi connectivity index (χ4n) is 1.83. The van der Waals surface area contributed by atoms with E-state index in [0.29, 0.717) is 5.56 Å². The highest BCUT2D eigenvalue weighted by molar-refractivity contribution is 7.12. The zero-order valence-corrected chi connectivity index (χ0v) is 12.0. The first-order valence-electron chi connectivity index (χ1n) is 6.04. The van der Waals surface area contributed by atoms with Gasteiger partial charge < -0.3 is 9.84 Å². The van der Waals surface area contributed by atoms with Crippen LogP contribution in [-0.2, 0) is 4.74 Å². The van der Waals surface area contributed by atoms with Crippen molar-refractivity contribution >= 4 is 23.1 Å². The molecule has 104 valence electrons. The second kappa shape index (κ2) is 5.88. The zero-order chi connectivity index (χ0) is 14.7. The summed E-state index contributed by atoms with van der Waals surface area (Å²) in [6, 6.07) is 7.61. The quantitative estimate of drug-likeness (QED) is 0.694. The Morgan fingerprint density at radius 3 is 2.60 bits per heavy atom. The van der Waals surface area contributed by atoms with E-state index in [9.17, 15) is 14.7 Å². The maximum Gasteiger partial charge on any atom is 0.338 e. The van der Waals surface area contributed by atoms with Gasteiger partial charge in [0.05, 0.1) is 5.56 Å². The number of phenolic OH excluding ortho intramolecular Hbond substituents is 1. The number of Topliss-reactive ketones (excluding diaryl/α,β-unsaturated/α-hetero) is 1. The Hall–Kier alpha value is -2.14. The molecule has 0 saturated carbocycles. The van der Waals surface area contributed by atoms with Crippen LogP contribution in [0.4, 0.5) is 0 Å². The van der Waals surface area contributed by atoms with Crippen LogP contribution in [0.15, 0.2) is 30.3 Å². The lowest BCUT2D eigenvalue weighted by atomic mass is 10.1. The number of ether oxygens (including phenoxy) is 1. The van der Waals surface area contributed by atoms with E-state index in [-0.39, 0.29) is 23.7 Å². The number of esters is 1. The summed E-state index contributed by atoms with van der Waals surface area (Å²) in [5.74, 6) is -0.866. The number of benzene rings is 1. The summed E-state index contributed by atoms with van der Waals surface area (Å²) in [6.45, 7) is 3.49. The molecule has 1 aromatic heterocycles. The summed E-state index contributed by atoms with van der Waals surface area (Å²) in [7, 11) is 0. The second-order valence-electron chi connectivity index (χ2n) is 4.38. The Labute approximate surface area is 120 Å². The van der Waals surface area contributed by atoms with Gasteiger partial charge in [-0.15, -0.1) is 11.3 Å². The van der Waals surface area contributed by atoms with Crippen LogP contribution in [0.1, 0.15) is 30.5 Å². The Kier molecular flexibility index (Phi) is 4.20. The smallest absolute Gasteiger partial charge is 0.338 e. The molecule has 0 spiro atoms. The molecule has 0 saturated heterocycles. The van der Waals surface area contributed by atoms with E-state index in [0.717, 1.165) is 9.75 Å². The lowest BCUT2D eigenvalue weighted by Gasteiger charge is -2.04. The number of rotatable bonds is 4. The van der Waals surface area contributed by atoms with Crippen molar-refractivity contribution in [2.45, 2.75) is 13.8 Å². The highest BCUT2D eigenvalue weighted by Crippen LogP contribution is 2.21. The van der Waals surface area contributed by atoms with Gasteiger partial charge in [0.2, 0.25) is 5.78 Å². The SMILES string of the molecule is Cc1cc(C(=O)COC(=O)c2cccc(O)c2)c(C)s1. The molecular weight excluding hydrogens is 276 g/mol. The fourth-order valence-corrected chi connectivity index (χ4v) is 2.78. The van der Waals surface area contributed by atoms with E-state index in [1.165, 1.54) is 29.5 Å². The average molecular weight is 290 g/mol. The van der Waals surface area contributed by atoms with Gasteiger partial charge >= 0.3 is 5.97 Å². The Morgan fingerprint density at radius 2 is 2.00 bits per heavy atom. The van der Waals surface area contributed by atoms with E-state index >= 15 is 0 Å². The van der Waals surface area contributed by atoms with Gasteiger partial charge in [-0.25, -0.2) is 4.79 Å². The molecule has 20 heavy (non-hydrogen) atoms. The normalized spacial score (nSPS) is 10.3. The van der Waals surface area contributed by atoms with Gasteiger partial charge in [0.1, 0.15) is 5.75 Å². The molecule has 0 bridgehead atoms. The van der Waals surface area contributed by atoms with Crippen molar-refractivity contribution in [3.8, 4) is 5.75 Å². The molecule has 2 rings (SSSR count). The number of phenols is 1. The molecule has 1 N–H and O–H groups in total. The molecule has 0 fully saturated rings.